The Morgan fingerprint density at radius 1 is 1.00 bits per heavy atom. The van der Waals surface area contributed by atoms with Crippen molar-refractivity contribution in [2.75, 3.05) is 44.2 Å². The monoisotopic (exact) mass is 415 g/mol. The third kappa shape index (κ3) is 3.97. The predicted molar refractivity (Wildman–Crippen MR) is 109 cm³/mol. The van der Waals surface area contributed by atoms with E-state index >= 15 is 0 Å². The van der Waals surface area contributed by atoms with Gasteiger partial charge in [-0.05, 0) is 44.5 Å². The Morgan fingerprint density at radius 3 is 2.41 bits per heavy atom. The van der Waals surface area contributed by atoms with Crippen molar-refractivity contribution >= 4 is 21.9 Å². The summed E-state index contributed by atoms with van der Waals surface area (Å²) < 4.78 is 26.3. The van der Waals surface area contributed by atoms with Gasteiger partial charge in [0.05, 0.1) is 5.56 Å². The highest BCUT2D eigenvalue weighted by atomic mass is 32.2. The number of sulfonamides is 1. The molecule has 0 saturated carbocycles. The molecule has 2 aliphatic rings. The predicted octanol–water partition coefficient (Wildman–Crippen LogP) is 1.53. The van der Waals surface area contributed by atoms with Crippen molar-refractivity contribution in [3.63, 3.8) is 0 Å². The van der Waals surface area contributed by atoms with Crippen LogP contribution in [-0.2, 0) is 10.0 Å². The van der Waals surface area contributed by atoms with E-state index in [1.165, 1.54) is 6.07 Å². The first kappa shape index (κ1) is 19.8. The second kappa shape index (κ2) is 8.08. The van der Waals surface area contributed by atoms with Crippen LogP contribution in [0.3, 0.4) is 0 Å². The van der Waals surface area contributed by atoms with Gasteiger partial charge in [-0.15, -0.1) is 0 Å². The average molecular weight is 416 g/mol. The number of carbonyl (C=O) groups is 1. The van der Waals surface area contributed by atoms with Gasteiger partial charge < -0.3 is 4.90 Å². The largest absolute Gasteiger partial charge is 0.338 e. The molecular formula is C20H25N5O3S. The summed E-state index contributed by atoms with van der Waals surface area (Å²) in [6, 6.07) is 6.73. The number of fused-ring (bicyclic) bond motifs is 1. The molecule has 0 aliphatic carbocycles. The van der Waals surface area contributed by atoms with E-state index < -0.39 is 15.9 Å². The van der Waals surface area contributed by atoms with Crippen LogP contribution in [0.5, 0.6) is 0 Å². The van der Waals surface area contributed by atoms with Gasteiger partial charge in [-0.1, -0.05) is 11.6 Å². The number of piperazine rings is 1. The van der Waals surface area contributed by atoms with Crippen molar-refractivity contribution < 1.29 is 13.2 Å². The lowest BCUT2D eigenvalue weighted by molar-refractivity contribution is 0.0868. The zero-order chi connectivity index (χ0) is 20.4. The highest BCUT2D eigenvalue weighted by Gasteiger charge is 2.40. The lowest BCUT2D eigenvalue weighted by Gasteiger charge is -2.34. The minimum Gasteiger partial charge on any atom is -0.338 e. The standard InChI is InChI=1S/C20H25N5O3S/c1-16-5-6-18-17(15-16)19(26)25(29(18,27)28)10-3-2-9-23-11-13-24(14-12-23)20-21-7-4-8-22-20/h4-8,15H,2-3,9-14H2,1H3. The van der Waals surface area contributed by atoms with Crippen LogP contribution in [0.4, 0.5) is 5.95 Å². The molecule has 154 valence electrons. The molecule has 2 aromatic rings. The Morgan fingerprint density at radius 2 is 1.69 bits per heavy atom. The van der Waals surface area contributed by atoms with E-state index in [-0.39, 0.29) is 11.4 Å². The summed E-state index contributed by atoms with van der Waals surface area (Å²) in [6.07, 6.45) is 5.00. The molecule has 4 rings (SSSR count). The normalized spacial score (nSPS) is 18.9. The number of hydrogen-bond acceptors (Lipinski definition) is 7. The molecule has 9 heteroatoms. The third-order valence-electron chi connectivity index (χ3n) is 5.45. The highest BCUT2D eigenvalue weighted by Crippen LogP contribution is 2.31. The fourth-order valence-electron chi connectivity index (χ4n) is 3.84. The molecule has 2 aliphatic heterocycles. The molecule has 0 N–H and O–H groups in total. The van der Waals surface area contributed by atoms with Gasteiger partial charge in [0.2, 0.25) is 5.95 Å². The molecule has 0 radical (unpaired) electrons. The van der Waals surface area contributed by atoms with E-state index in [4.69, 9.17) is 0 Å². The zero-order valence-electron chi connectivity index (χ0n) is 16.5. The van der Waals surface area contributed by atoms with Crippen molar-refractivity contribution in [2.24, 2.45) is 0 Å². The Balaban J connectivity index is 1.25. The number of hydrogen-bond donors (Lipinski definition) is 0. The van der Waals surface area contributed by atoms with Gasteiger partial charge >= 0.3 is 0 Å². The fraction of sp³-hybridized carbons (Fsp3) is 0.450. The molecular weight excluding hydrogens is 390 g/mol. The number of aryl methyl sites for hydroxylation is 1. The minimum atomic E-state index is -3.71. The summed E-state index contributed by atoms with van der Waals surface area (Å²) in [5.74, 6) is 0.361. The number of unbranched alkanes of at least 4 members (excludes halogenated alkanes) is 1. The molecule has 0 spiro atoms. The van der Waals surface area contributed by atoms with Crippen LogP contribution < -0.4 is 4.90 Å². The van der Waals surface area contributed by atoms with Crippen molar-refractivity contribution in [3.05, 3.63) is 47.8 Å². The number of anilines is 1. The van der Waals surface area contributed by atoms with E-state index in [0.29, 0.717) is 12.0 Å². The van der Waals surface area contributed by atoms with Crippen molar-refractivity contribution in [2.45, 2.75) is 24.7 Å². The zero-order valence-corrected chi connectivity index (χ0v) is 17.3. The molecule has 1 fully saturated rings. The lowest BCUT2D eigenvalue weighted by Crippen LogP contribution is -2.47. The Bertz CT molecular complexity index is 988. The van der Waals surface area contributed by atoms with Crippen LogP contribution in [0.15, 0.2) is 41.6 Å². The van der Waals surface area contributed by atoms with Crippen LogP contribution >= 0.6 is 0 Å². The van der Waals surface area contributed by atoms with Crippen LogP contribution in [0.2, 0.25) is 0 Å². The summed E-state index contributed by atoms with van der Waals surface area (Å²) >= 11 is 0. The number of rotatable bonds is 6. The molecule has 1 saturated heterocycles. The molecule has 29 heavy (non-hydrogen) atoms. The number of carbonyl (C=O) groups excluding carboxylic acids is 1. The maximum absolute atomic E-state index is 12.6. The van der Waals surface area contributed by atoms with Gasteiger partial charge in [0, 0.05) is 45.1 Å². The molecule has 0 bridgehead atoms. The van der Waals surface area contributed by atoms with E-state index in [2.05, 4.69) is 19.8 Å². The van der Waals surface area contributed by atoms with Crippen molar-refractivity contribution in [1.29, 1.82) is 0 Å². The Kier molecular flexibility index (Phi) is 5.51. The molecule has 1 aromatic heterocycles. The number of amides is 1. The summed E-state index contributed by atoms with van der Waals surface area (Å²) in [5, 5.41) is 0. The van der Waals surface area contributed by atoms with Crippen LogP contribution in [-0.4, -0.2) is 72.8 Å². The van der Waals surface area contributed by atoms with E-state index in [1.807, 2.05) is 13.0 Å². The maximum atomic E-state index is 12.6. The van der Waals surface area contributed by atoms with Crippen molar-refractivity contribution in [1.82, 2.24) is 19.2 Å². The smallest absolute Gasteiger partial charge is 0.269 e. The summed E-state index contributed by atoms with van der Waals surface area (Å²) in [7, 11) is -3.71. The highest BCUT2D eigenvalue weighted by molar-refractivity contribution is 7.90. The lowest BCUT2D eigenvalue weighted by atomic mass is 10.1. The number of benzene rings is 1. The van der Waals surface area contributed by atoms with E-state index in [0.717, 1.165) is 55.0 Å². The Labute approximate surface area is 171 Å². The summed E-state index contributed by atoms with van der Waals surface area (Å²) in [5.41, 5.74) is 1.18. The molecule has 1 amide bonds. The fourth-order valence-corrected chi connectivity index (χ4v) is 5.42. The molecule has 1 aromatic carbocycles. The van der Waals surface area contributed by atoms with Gasteiger partial charge in [-0.2, -0.15) is 0 Å². The van der Waals surface area contributed by atoms with Gasteiger partial charge in [0.1, 0.15) is 4.90 Å². The van der Waals surface area contributed by atoms with E-state index in [9.17, 15) is 13.2 Å². The van der Waals surface area contributed by atoms with Gasteiger partial charge in [-0.3, -0.25) is 9.69 Å². The first-order valence-electron chi connectivity index (χ1n) is 9.89. The third-order valence-corrected chi connectivity index (χ3v) is 7.29. The van der Waals surface area contributed by atoms with Crippen LogP contribution in [0, 0.1) is 6.92 Å². The van der Waals surface area contributed by atoms with Crippen LogP contribution in [0.25, 0.3) is 0 Å². The molecule has 0 atom stereocenters. The number of aromatic nitrogens is 2. The van der Waals surface area contributed by atoms with Crippen LogP contribution in [0.1, 0.15) is 28.8 Å². The maximum Gasteiger partial charge on any atom is 0.269 e. The summed E-state index contributed by atoms with van der Waals surface area (Å²) in [6.45, 7) is 6.56. The first-order chi connectivity index (χ1) is 14.0. The molecule has 8 nitrogen and oxygen atoms in total. The molecule has 0 unspecified atom stereocenters. The summed E-state index contributed by atoms with van der Waals surface area (Å²) in [4.78, 5) is 25.8. The average Bonchev–Trinajstić information content (AvgIpc) is 2.92. The first-order valence-corrected chi connectivity index (χ1v) is 11.3. The van der Waals surface area contributed by atoms with Gasteiger partial charge in [0.25, 0.3) is 15.9 Å². The Hall–Kier alpha value is -2.52. The second-order valence-electron chi connectivity index (χ2n) is 7.47. The van der Waals surface area contributed by atoms with Crippen molar-refractivity contribution in [3.8, 4) is 0 Å². The minimum absolute atomic E-state index is 0.132. The second-order valence-corrected chi connectivity index (χ2v) is 9.30. The quantitative estimate of drug-likeness (QED) is 0.661. The van der Waals surface area contributed by atoms with Gasteiger partial charge in [0.15, 0.2) is 0 Å². The number of nitrogens with zero attached hydrogens (tertiary/aromatic N) is 5. The SMILES string of the molecule is Cc1ccc2c(c1)C(=O)N(CCCCN1CCN(c3ncccn3)CC1)S2(=O)=O. The molecule has 3 heterocycles. The topological polar surface area (TPSA) is 86.7 Å². The van der Waals surface area contributed by atoms with Gasteiger partial charge in [-0.25, -0.2) is 22.7 Å². The van der Waals surface area contributed by atoms with E-state index in [1.54, 1.807) is 24.5 Å².